The second kappa shape index (κ2) is 6.25. The summed E-state index contributed by atoms with van der Waals surface area (Å²) in [5.41, 5.74) is 4.16. The summed E-state index contributed by atoms with van der Waals surface area (Å²) in [6.45, 7) is 0. The van der Waals surface area contributed by atoms with E-state index >= 15 is 0 Å². The second-order valence-electron chi connectivity index (χ2n) is 4.64. The predicted octanol–water partition coefficient (Wildman–Crippen LogP) is 5.12. The standard InChI is InChI=1S/C18H11Cl2Se/c19-15-9-3-1-6-12(15)13-8-5-11-17(21)18(13)14-7-2-4-10-16(14)20/h1-11H. The molecule has 0 saturated heterocycles. The number of halogens is 2. The van der Waals surface area contributed by atoms with Gasteiger partial charge in [-0.15, -0.1) is 0 Å². The maximum absolute atomic E-state index is 6.38. The van der Waals surface area contributed by atoms with Gasteiger partial charge in [0.2, 0.25) is 0 Å². The van der Waals surface area contributed by atoms with Crippen LogP contribution in [0.1, 0.15) is 0 Å². The maximum atomic E-state index is 6.38. The molecule has 0 heterocycles. The molecule has 0 aromatic heterocycles. The number of benzene rings is 3. The van der Waals surface area contributed by atoms with Gasteiger partial charge in [-0.3, -0.25) is 0 Å². The average molecular weight is 377 g/mol. The SMILES string of the molecule is Clc1ccccc1-c1cccc([Se])c1-c1ccccc1Cl. The van der Waals surface area contributed by atoms with Crippen molar-refractivity contribution in [1.82, 2.24) is 0 Å². The normalized spacial score (nSPS) is 10.6. The van der Waals surface area contributed by atoms with Crippen molar-refractivity contribution in [1.29, 1.82) is 0 Å². The molecule has 0 fully saturated rings. The van der Waals surface area contributed by atoms with Crippen molar-refractivity contribution in [3.8, 4) is 22.3 Å². The third-order valence-electron chi connectivity index (χ3n) is 3.33. The second-order valence-corrected chi connectivity index (χ2v) is 6.38. The van der Waals surface area contributed by atoms with Gasteiger partial charge >= 0.3 is 143 Å². The van der Waals surface area contributed by atoms with Crippen LogP contribution in [0.15, 0.2) is 66.7 Å². The Morgan fingerprint density at radius 1 is 0.571 bits per heavy atom. The first-order chi connectivity index (χ1) is 10.2. The van der Waals surface area contributed by atoms with E-state index in [4.69, 9.17) is 23.2 Å². The van der Waals surface area contributed by atoms with E-state index in [1.54, 1.807) is 0 Å². The van der Waals surface area contributed by atoms with E-state index in [0.29, 0.717) is 0 Å². The number of hydrogen-bond acceptors (Lipinski definition) is 0. The van der Waals surface area contributed by atoms with E-state index < -0.39 is 0 Å². The van der Waals surface area contributed by atoms with Crippen LogP contribution < -0.4 is 4.46 Å². The van der Waals surface area contributed by atoms with E-state index in [2.05, 4.69) is 22.1 Å². The minimum absolute atomic E-state index is 0.730. The summed E-state index contributed by atoms with van der Waals surface area (Å²) < 4.78 is 1.06. The van der Waals surface area contributed by atoms with Gasteiger partial charge in [0, 0.05) is 0 Å². The van der Waals surface area contributed by atoms with E-state index in [1.165, 1.54) is 0 Å². The zero-order valence-electron chi connectivity index (χ0n) is 11.0. The van der Waals surface area contributed by atoms with E-state index in [1.807, 2.05) is 60.7 Å². The molecule has 3 aromatic rings. The Hall–Kier alpha value is -1.24. The summed E-state index contributed by atoms with van der Waals surface area (Å²) in [6, 6.07) is 21.8. The molecule has 0 aliphatic carbocycles. The molecule has 0 unspecified atom stereocenters. The fraction of sp³-hybridized carbons (Fsp3) is 0. The summed E-state index contributed by atoms with van der Waals surface area (Å²) in [5, 5.41) is 1.46. The molecule has 1 radical (unpaired) electrons. The van der Waals surface area contributed by atoms with Gasteiger partial charge in [-0.2, -0.15) is 0 Å². The van der Waals surface area contributed by atoms with Crippen molar-refractivity contribution in [2.75, 3.05) is 0 Å². The van der Waals surface area contributed by atoms with Crippen molar-refractivity contribution in [2.24, 2.45) is 0 Å². The zero-order valence-corrected chi connectivity index (χ0v) is 14.2. The molecule has 0 nitrogen and oxygen atoms in total. The minimum atomic E-state index is 0.730. The van der Waals surface area contributed by atoms with Gasteiger partial charge in [0.05, 0.1) is 0 Å². The third kappa shape index (κ3) is 2.88. The molecule has 103 valence electrons. The summed E-state index contributed by atoms with van der Waals surface area (Å²) in [4.78, 5) is 0. The first-order valence-corrected chi connectivity index (χ1v) is 8.09. The number of hydrogen-bond donors (Lipinski definition) is 0. The van der Waals surface area contributed by atoms with Crippen LogP contribution in [0.4, 0.5) is 0 Å². The first kappa shape index (κ1) is 14.7. The van der Waals surface area contributed by atoms with Gasteiger partial charge in [-0.05, 0) is 0 Å². The van der Waals surface area contributed by atoms with Gasteiger partial charge < -0.3 is 0 Å². The molecule has 3 aromatic carbocycles. The summed E-state index contributed by atoms with van der Waals surface area (Å²) >= 11 is 15.9. The molecule has 0 N–H and O–H groups in total. The Morgan fingerprint density at radius 2 is 1.10 bits per heavy atom. The van der Waals surface area contributed by atoms with Crippen molar-refractivity contribution < 1.29 is 0 Å². The molecule has 3 rings (SSSR count). The van der Waals surface area contributed by atoms with Crippen molar-refractivity contribution in [3.63, 3.8) is 0 Å². The summed E-state index contributed by atoms with van der Waals surface area (Å²) in [5.74, 6) is 0. The first-order valence-electron chi connectivity index (χ1n) is 6.48. The van der Waals surface area contributed by atoms with E-state index in [-0.39, 0.29) is 0 Å². The monoisotopic (exact) mass is 377 g/mol. The average Bonchev–Trinajstić information content (AvgIpc) is 2.49. The molecule has 0 atom stereocenters. The quantitative estimate of drug-likeness (QED) is 0.544. The van der Waals surface area contributed by atoms with Gasteiger partial charge in [-0.1, -0.05) is 0 Å². The molecule has 0 aliphatic rings. The van der Waals surface area contributed by atoms with E-state index in [0.717, 1.165) is 36.8 Å². The van der Waals surface area contributed by atoms with Crippen LogP contribution in [0.5, 0.6) is 0 Å². The van der Waals surface area contributed by atoms with Crippen LogP contribution in [-0.2, 0) is 0 Å². The fourth-order valence-corrected chi connectivity index (χ4v) is 3.47. The Kier molecular flexibility index (Phi) is 4.37. The van der Waals surface area contributed by atoms with Crippen molar-refractivity contribution in [2.45, 2.75) is 0 Å². The fourth-order valence-electron chi connectivity index (χ4n) is 2.38. The Balaban J connectivity index is 2.32. The molecule has 0 saturated carbocycles. The number of rotatable bonds is 2. The summed E-state index contributed by atoms with van der Waals surface area (Å²) in [6.07, 6.45) is 0. The van der Waals surface area contributed by atoms with Gasteiger partial charge in [-0.25, -0.2) is 0 Å². The van der Waals surface area contributed by atoms with Crippen LogP contribution in [0.25, 0.3) is 22.3 Å². The third-order valence-corrected chi connectivity index (χ3v) is 4.71. The molecular formula is C18H11Cl2Se. The molecular weight excluding hydrogens is 366 g/mol. The topological polar surface area (TPSA) is 0 Å². The Labute approximate surface area is 142 Å². The van der Waals surface area contributed by atoms with Crippen LogP contribution >= 0.6 is 23.2 Å². The Bertz CT molecular complexity index is 797. The van der Waals surface area contributed by atoms with Crippen LogP contribution in [0.3, 0.4) is 0 Å². The molecule has 0 aliphatic heterocycles. The zero-order chi connectivity index (χ0) is 14.8. The van der Waals surface area contributed by atoms with Crippen LogP contribution in [0.2, 0.25) is 10.0 Å². The van der Waals surface area contributed by atoms with Crippen molar-refractivity contribution >= 4 is 43.7 Å². The summed E-state index contributed by atoms with van der Waals surface area (Å²) in [7, 11) is 0. The van der Waals surface area contributed by atoms with E-state index in [9.17, 15) is 0 Å². The molecule has 3 heteroatoms. The van der Waals surface area contributed by atoms with Gasteiger partial charge in [0.15, 0.2) is 0 Å². The van der Waals surface area contributed by atoms with Crippen LogP contribution in [0, 0.1) is 0 Å². The predicted molar refractivity (Wildman–Crippen MR) is 92.7 cm³/mol. The van der Waals surface area contributed by atoms with Crippen molar-refractivity contribution in [3.05, 3.63) is 76.8 Å². The molecule has 0 spiro atoms. The van der Waals surface area contributed by atoms with Crippen LogP contribution in [-0.4, -0.2) is 16.0 Å². The molecule has 0 bridgehead atoms. The Morgan fingerprint density at radius 3 is 1.71 bits per heavy atom. The van der Waals surface area contributed by atoms with Gasteiger partial charge in [0.1, 0.15) is 0 Å². The van der Waals surface area contributed by atoms with Gasteiger partial charge in [0.25, 0.3) is 0 Å². The molecule has 21 heavy (non-hydrogen) atoms. The molecule has 0 amide bonds.